The molecule has 2 aromatic carbocycles. The summed E-state index contributed by atoms with van der Waals surface area (Å²) in [6, 6.07) is 12.1. The molecule has 0 amide bonds. The van der Waals surface area contributed by atoms with Crippen molar-refractivity contribution < 1.29 is 9.47 Å². The topological polar surface area (TPSA) is 30.5 Å². The molecule has 3 nitrogen and oxygen atoms in total. The first-order valence-electron chi connectivity index (χ1n) is 7.71. The van der Waals surface area contributed by atoms with E-state index in [4.69, 9.17) is 9.47 Å². The molecule has 1 N–H and O–H groups in total. The van der Waals surface area contributed by atoms with Gasteiger partial charge in [-0.25, -0.2) is 0 Å². The summed E-state index contributed by atoms with van der Waals surface area (Å²) in [6.07, 6.45) is 0.968. The predicted molar refractivity (Wildman–Crippen MR) is 103 cm³/mol. The zero-order valence-corrected chi connectivity index (χ0v) is 16.5. The van der Waals surface area contributed by atoms with Gasteiger partial charge in [-0.2, -0.15) is 0 Å². The molecular formula is C18H21Br2NO2. The summed E-state index contributed by atoms with van der Waals surface area (Å²) >= 11 is 7.07. The summed E-state index contributed by atoms with van der Waals surface area (Å²) in [5.41, 5.74) is 2.20. The molecule has 0 fully saturated rings. The van der Waals surface area contributed by atoms with Gasteiger partial charge in [-0.3, -0.25) is 0 Å². The SMILES string of the molecule is CCCOc1cc(Br)c(CNc2ccc(Br)cc2)cc1OCC. The summed E-state index contributed by atoms with van der Waals surface area (Å²) in [5.74, 6) is 1.57. The second-order valence-corrected chi connectivity index (χ2v) is 6.80. The molecule has 0 aromatic heterocycles. The van der Waals surface area contributed by atoms with Crippen LogP contribution in [0.5, 0.6) is 11.5 Å². The number of hydrogen-bond donors (Lipinski definition) is 1. The Morgan fingerprint density at radius 3 is 2.30 bits per heavy atom. The molecule has 0 spiro atoms. The summed E-state index contributed by atoms with van der Waals surface area (Å²) in [7, 11) is 0. The van der Waals surface area contributed by atoms with Crippen LogP contribution in [-0.4, -0.2) is 13.2 Å². The van der Waals surface area contributed by atoms with Gasteiger partial charge in [0.2, 0.25) is 0 Å². The van der Waals surface area contributed by atoms with Gasteiger partial charge in [-0.1, -0.05) is 38.8 Å². The van der Waals surface area contributed by atoms with Crippen molar-refractivity contribution in [3.05, 3.63) is 50.9 Å². The van der Waals surface area contributed by atoms with E-state index < -0.39 is 0 Å². The number of anilines is 1. The maximum absolute atomic E-state index is 5.77. The van der Waals surface area contributed by atoms with Gasteiger partial charge in [0.05, 0.1) is 13.2 Å². The lowest BCUT2D eigenvalue weighted by molar-refractivity contribution is 0.276. The molecule has 124 valence electrons. The molecule has 23 heavy (non-hydrogen) atoms. The molecule has 0 atom stereocenters. The fourth-order valence-electron chi connectivity index (χ4n) is 2.07. The Balaban J connectivity index is 2.14. The van der Waals surface area contributed by atoms with Crippen LogP contribution in [-0.2, 0) is 6.54 Å². The number of halogens is 2. The Morgan fingerprint density at radius 2 is 1.65 bits per heavy atom. The van der Waals surface area contributed by atoms with Crippen molar-refractivity contribution in [2.24, 2.45) is 0 Å². The molecule has 0 aliphatic carbocycles. The van der Waals surface area contributed by atoms with Gasteiger partial charge in [0.1, 0.15) is 0 Å². The van der Waals surface area contributed by atoms with Gasteiger partial charge < -0.3 is 14.8 Å². The largest absolute Gasteiger partial charge is 0.490 e. The summed E-state index contributed by atoms with van der Waals surface area (Å²) < 4.78 is 13.6. The lowest BCUT2D eigenvalue weighted by atomic mass is 10.2. The Morgan fingerprint density at radius 1 is 0.957 bits per heavy atom. The van der Waals surface area contributed by atoms with Crippen LogP contribution in [0.1, 0.15) is 25.8 Å². The van der Waals surface area contributed by atoms with Crippen molar-refractivity contribution in [1.82, 2.24) is 0 Å². The smallest absolute Gasteiger partial charge is 0.162 e. The van der Waals surface area contributed by atoms with Crippen LogP contribution in [0.3, 0.4) is 0 Å². The van der Waals surface area contributed by atoms with E-state index >= 15 is 0 Å². The maximum atomic E-state index is 5.77. The minimum atomic E-state index is 0.615. The van der Waals surface area contributed by atoms with Gasteiger partial charge >= 0.3 is 0 Å². The van der Waals surface area contributed by atoms with Gasteiger partial charge in [-0.15, -0.1) is 0 Å². The molecule has 0 aliphatic heterocycles. The van der Waals surface area contributed by atoms with E-state index in [-0.39, 0.29) is 0 Å². The van der Waals surface area contributed by atoms with Crippen LogP contribution in [0.15, 0.2) is 45.3 Å². The minimum absolute atomic E-state index is 0.615. The number of ether oxygens (including phenoxy) is 2. The zero-order valence-electron chi connectivity index (χ0n) is 13.4. The van der Waals surface area contributed by atoms with Crippen molar-refractivity contribution in [2.75, 3.05) is 18.5 Å². The van der Waals surface area contributed by atoms with Gasteiger partial charge in [-0.05, 0) is 55.3 Å². The molecule has 0 bridgehead atoms. The van der Waals surface area contributed by atoms with E-state index in [1.165, 1.54) is 0 Å². The van der Waals surface area contributed by atoms with Crippen LogP contribution in [0.25, 0.3) is 0 Å². The molecule has 2 aromatic rings. The van der Waals surface area contributed by atoms with E-state index in [0.717, 1.165) is 38.1 Å². The van der Waals surface area contributed by atoms with Crippen molar-refractivity contribution >= 4 is 37.5 Å². The predicted octanol–water partition coefficient (Wildman–Crippen LogP) is 6.01. The van der Waals surface area contributed by atoms with E-state index in [0.29, 0.717) is 19.8 Å². The first-order valence-corrected chi connectivity index (χ1v) is 9.30. The maximum Gasteiger partial charge on any atom is 0.162 e. The Kier molecular flexibility index (Phi) is 7.24. The van der Waals surface area contributed by atoms with Crippen molar-refractivity contribution in [3.63, 3.8) is 0 Å². The van der Waals surface area contributed by atoms with E-state index in [9.17, 15) is 0 Å². The molecule has 5 heteroatoms. The second kappa shape index (κ2) is 9.18. The Labute approximate surface area is 154 Å². The van der Waals surface area contributed by atoms with Gasteiger partial charge in [0.25, 0.3) is 0 Å². The third kappa shape index (κ3) is 5.43. The molecular weight excluding hydrogens is 422 g/mol. The second-order valence-electron chi connectivity index (χ2n) is 5.03. The van der Waals surface area contributed by atoms with Crippen LogP contribution in [0, 0.1) is 0 Å². The number of rotatable bonds is 8. The first-order chi connectivity index (χ1) is 11.1. The zero-order chi connectivity index (χ0) is 16.7. The first kappa shape index (κ1) is 18.1. The lowest BCUT2D eigenvalue weighted by Crippen LogP contribution is -2.04. The normalized spacial score (nSPS) is 10.4. The number of nitrogens with one attached hydrogen (secondary N) is 1. The Bertz CT molecular complexity index is 630. The van der Waals surface area contributed by atoms with Crippen LogP contribution in [0.2, 0.25) is 0 Å². The molecule has 2 rings (SSSR count). The Hall–Kier alpha value is -1.20. The summed E-state index contributed by atoms with van der Waals surface area (Å²) in [6.45, 7) is 6.07. The minimum Gasteiger partial charge on any atom is -0.490 e. The van der Waals surface area contributed by atoms with E-state index in [1.807, 2.05) is 43.3 Å². The molecule has 0 radical (unpaired) electrons. The average molecular weight is 443 g/mol. The lowest BCUT2D eigenvalue weighted by Gasteiger charge is -2.15. The van der Waals surface area contributed by atoms with Crippen molar-refractivity contribution in [2.45, 2.75) is 26.8 Å². The van der Waals surface area contributed by atoms with Crippen LogP contribution in [0.4, 0.5) is 5.69 Å². The highest BCUT2D eigenvalue weighted by Gasteiger charge is 2.11. The van der Waals surface area contributed by atoms with Gasteiger partial charge in [0.15, 0.2) is 11.5 Å². The highest BCUT2D eigenvalue weighted by molar-refractivity contribution is 9.10. The highest BCUT2D eigenvalue weighted by Crippen LogP contribution is 2.34. The third-order valence-corrected chi connectivity index (χ3v) is 4.47. The van der Waals surface area contributed by atoms with E-state index in [1.54, 1.807) is 0 Å². The monoisotopic (exact) mass is 441 g/mol. The number of hydrogen-bond acceptors (Lipinski definition) is 3. The molecule has 0 aliphatic rings. The fourth-order valence-corrected chi connectivity index (χ4v) is 2.80. The molecule has 0 saturated heterocycles. The fraction of sp³-hybridized carbons (Fsp3) is 0.333. The average Bonchev–Trinajstić information content (AvgIpc) is 2.55. The highest BCUT2D eigenvalue weighted by atomic mass is 79.9. The van der Waals surface area contributed by atoms with Crippen molar-refractivity contribution in [3.8, 4) is 11.5 Å². The molecule has 0 saturated carbocycles. The quantitative estimate of drug-likeness (QED) is 0.542. The van der Waals surface area contributed by atoms with E-state index in [2.05, 4.69) is 44.1 Å². The summed E-state index contributed by atoms with van der Waals surface area (Å²) in [4.78, 5) is 0. The number of benzene rings is 2. The van der Waals surface area contributed by atoms with Crippen molar-refractivity contribution in [1.29, 1.82) is 0 Å². The molecule has 0 heterocycles. The van der Waals surface area contributed by atoms with Crippen LogP contribution >= 0.6 is 31.9 Å². The standard InChI is InChI=1S/C18H21Br2NO2/c1-3-9-23-18-11-16(20)13(10-17(18)22-4-2)12-21-15-7-5-14(19)6-8-15/h5-8,10-11,21H,3-4,9,12H2,1-2H3. The summed E-state index contributed by atoms with van der Waals surface area (Å²) in [5, 5.41) is 3.41. The van der Waals surface area contributed by atoms with Gasteiger partial charge in [0, 0.05) is 21.2 Å². The van der Waals surface area contributed by atoms with Crippen LogP contribution < -0.4 is 14.8 Å². The molecule has 0 unspecified atom stereocenters. The third-order valence-electron chi connectivity index (χ3n) is 3.20.